The minimum Gasteiger partial charge on any atom is -0.481 e. The molecule has 1 heterocycles. The molecule has 0 aromatic carbocycles. The van der Waals surface area contributed by atoms with Gasteiger partial charge in [0.2, 0.25) is 0 Å². The molecule has 0 saturated carbocycles. The van der Waals surface area contributed by atoms with Crippen LogP contribution in [-0.2, 0) is 18.3 Å². The molecule has 0 bridgehead atoms. The lowest BCUT2D eigenvalue weighted by Crippen LogP contribution is -2.17. The van der Waals surface area contributed by atoms with E-state index in [4.69, 9.17) is 10.8 Å². The van der Waals surface area contributed by atoms with Crippen molar-refractivity contribution < 1.29 is 15.0 Å². The molecule has 14 heavy (non-hydrogen) atoms. The zero-order valence-electron chi connectivity index (χ0n) is 7.97. The number of nitrogens with two attached hydrogens (primary N) is 1. The van der Waals surface area contributed by atoms with Gasteiger partial charge in [0, 0.05) is 19.8 Å². The molecule has 5 heteroatoms. The normalized spacial score (nSPS) is 12.8. The second-order valence-corrected chi connectivity index (χ2v) is 3.16. The average Bonchev–Trinajstić information content (AvgIpc) is 2.45. The van der Waals surface area contributed by atoms with Crippen molar-refractivity contribution in [3.8, 4) is 0 Å². The van der Waals surface area contributed by atoms with Gasteiger partial charge in [-0.1, -0.05) is 0 Å². The van der Waals surface area contributed by atoms with Gasteiger partial charge in [-0.25, -0.2) is 0 Å². The van der Waals surface area contributed by atoms with E-state index in [0.717, 1.165) is 0 Å². The third-order valence-electron chi connectivity index (χ3n) is 2.09. The summed E-state index contributed by atoms with van der Waals surface area (Å²) in [5, 5.41) is 18.2. The van der Waals surface area contributed by atoms with Crippen LogP contribution in [0, 0.1) is 0 Å². The van der Waals surface area contributed by atoms with Crippen LogP contribution < -0.4 is 5.73 Å². The minimum atomic E-state index is -0.915. The van der Waals surface area contributed by atoms with Crippen LogP contribution in [0.3, 0.4) is 0 Å². The summed E-state index contributed by atoms with van der Waals surface area (Å²) in [7, 11) is 1.75. The molecule has 0 saturated heterocycles. The van der Waals surface area contributed by atoms with Crippen LogP contribution in [0.5, 0.6) is 0 Å². The molecule has 0 aliphatic heterocycles. The Morgan fingerprint density at radius 1 is 1.71 bits per heavy atom. The van der Waals surface area contributed by atoms with E-state index in [1.54, 1.807) is 23.9 Å². The van der Waals surface area contributed by atoms with E-state index < -0.39 is 12.1 Å². The summed E-state index contributed by atoms with van der Waals surface area (Å²) < 4.78 is 1.69. The summed E-state index contributed by atoms with van der Waals surface area (Å²) in [4.78, 5) is 10.5. The molecular formula is C9H14N2O3. The lowest BCUT2D eigenvalue weighted by atomic mass is 10.1. The highest BCUT2D eigenvalue weighted by atomic mass is 16.4. The number of hydrogen-bond acceptors (Lipinski definition) is 3. The number of carboxylic acids is 1. The molecule has 0 spiro atoms. The molecule has 1 atom stereocenters. The molecule has 1 unspecified atom stereocenters. The first-order valence-electron chi connectivity index (χ1n) is 4.30. The molecule has 0 fully saturated rings. The van der Waals surface area contributed by atoms with Crippen molar-refractivity contribution in [2.75, 3.05) is 6.54 Å². The molecular weight excluding hydrogens is 184 g/mol. The maximum absolute atomic E-state index is 10.5. The molecule has 4 N–H and O–H groups in total. The molecule has 1 rings (SSSR count). The van der Waals surface area contributed by atoms with E-state index in [0.29, 0.717) is 11.3 Å². The smallest absolute Gasteiger partial charge is 0.307 e. The van der Waals surface area contributed by atoms with E-state index in [1.807, 2.05) is 0 Å². The van der Waals surface area contributed by atoms with Gasteiger partial charge >= 0.3 is 5.97 Å². The largest absolute Gasteiger partial charge is 0.481 e. The van der Waals surface area contributed by atoms with Crippen molar-refractivity contribution >= 4 is 5.97 Å². The van der Waals surface area contributed by atoms with E-state index in [2.05, 4.69) is 0 Å². The third kappa shape index (κ3) is 2.12. The lowest BCUT2D eigenvalue weighted by molar-refractivity contribution is -0.136. The first-order valence-corrected chi connectivity index (χ1v) is 4.30. The van der Waals surface area contributed by atoms with Gasteiger partial charge in [0.25, 0.3) is 0 Å². The number of aromatic nitrogens is 1. The van der Waals surface area contributed by atoms with Crippen LogP contribution >= 0.6 is 0 Å². The van der Waals surface area contributed by atoms with Gasteiger partial charge in [-0.15, -0.1) is 0 Å². The molecule has 5 nitrogen and oxygen atoms in total. The fourth-order valence-electron chi connectivity index (χ4n) is 1.47. The Morgan fingerprint density at radius 2 is 2.36 bits per heavy atom. The molecule has 0 aliphatic carbocycles. The number of aliphatic hydroxyl groups is 1. The Hall–Kier alpha value is -1.33. The lowest BCUT2D eigenvalue weighted by Gasteiger charge is -2.11. The van der Waals surface area contributed by atoms with Crippen LogP contribution in [0.4, 0.5) is 0 Å². The Morgan fingerprint density at radius 3 is 2.86 bits per heavy atom. The minimum absolute atomic E-state index is 0.0878. The van der Waals surface area contributed by atoms with Crippen molar-refractivity contribution in [3.63, 3.8) is 0 Å². The van der Waals surface area contributed by atoms with E-state index >= 15 is 0 Å². The van der Waals surface area contributed by atoms with Gasteiger partial charge in [-0.2, -0.15) is 0 Å². The monoisotopic (exact) mass is 198 g/mol. The molecule has 78 valence electrons. The van der Waals surface area contributed by atoms with Gasteiger partial charge in [-0.05, 0) is 11.6 Å². The van der Waals surface area contributed by atoms with Gasteiger partial charge in [0.05, 0.1) is 12.1 Å². The van der Waals surface area contributed by atoms with E-state index in [1.165, 1.54) is 0 Å². The predicted molar refractivity (Wildman–Crippen MR) is 50.8 cm³/mol. The highest BCUT2D eigenvalue weighted by Gasteiger charge is 2.16. The number of aliphatic carboxylic acids is 1. The van der Waals surface area contributed by atoms with Crippen molar-refractivity contribution in [2.45, 2.75) is 12.5 Å². The number of nitrogens with zero attached hydrogens (tertiary/aromatic N) is 1. The van der Waals surface area contributed by atoms with E-state index in [-0.39, 0.29) is 13.0 Å². The standard InChI is InChI=1S/C9H14N2O3/c1-11-3-2-6(4-8(13)14)9(11)7(12)5-10/h2-3,7,12H,4-5,10H2,1H3,(H,13,14). The molecule has 1 aromatic rings. The Labute approximate surface area is 81.8 Å². The summed E-state index contributed by atoms with van der Waals surface area (Å²) in [5.74, 6) is -0.915. The Balaban J connectivity index is 2.99. The fourth-order valence-corrected chi connectivity index (χ4v) is 1.47. The van der Waals surface area contributed by atoms with Crippen molar-refractivity contribution in [2.24, 2.45) is 12.8 Å². The molecule has 0 radical (unpaired) electrons. The summed E-state index contributed by atoms with van der Waals surface area (Å²) in [6.07, 6.45) is 0.823. The van der Waals surface area contributed by atoms with E-state index in [9.17, 15) is 9.90 Å². The summed E-state index contributed by atoms with van der Waals surface area (Å²) in [5.41, 5.74) is 6.51. The predicted octanol–water partition coefficient (Wildman–Crippen LogP) is -0.356. The highest BCUT2D eigenvalue weighted by molar-refractivity contribution is 5.70. The molecule has 0 amide bonds. The first kappa shape index (κ1) is 10.7. The molecule has 1 aromatic heterocycles. The quantitative estimate of drug-likeness (QED) is 0.616. The zero-order valence-corrected chi connectivity index (χ0v) is 7.97. The average molecular weight is 198 g/mol. The van der Waals surface area contributed by atoms with Crippen LogP contribution in [0.1, 0.15) is 17.4 Å². The fraction of sp³-hybridized carbons (Fsp3) is 0.444. The second kappa shape index (κ2) is 4.26. The summed E-state index contributed by atoms with van der Waals surface area (Å²) in [6, 6.07) is 1.68. The summed E-state index contributed by atoms with van der Waals surface area (Å²) in [6.45, 7) is 0.0878. The topological polar surface area (TPSA) is 88.5 Å². The van der Waals surface area contributed by atoms with Crippen molar-refractivity contribution in [1.29, 1.82) is 0 Å². The highest BCUT2D eigenvalue weighted by Crippen LogP contribution is 2.18. The number of carboxylic acid groups (broad SMARTS) is 1. The van der Waals surface area contributed by atoms with Crippen molar-refractivity contribution in [1.82, 2.24) is 4.57 Å². The maximum Gasteiger partial charge on any atom is 0.307 e. The first-order chi connectivity index (χ1) is 6.56. The number of carbonyl (C=O) groups is 1. The zero-order chi connectivity index (χ0) is 10.7. The van der Waals surface area contributed by atoms with Crippen molar-refractivity contribution in [3.05, 3.63) is 23.5 Å². The van der Waals surface area contributed by atoms with Gasteiger partial charge in [0.15, 0.2) is 0 Å². The second-order valence-electron chi connectivity index (χ2n) is 3.16. The number of aryl methyl sites for hydroxylation is 1. The van der Waals surface area contributed by atoms with Crippen LogP contribution in [0.2, 0.25) is 0 Å². The van der Waals surface area contributed by atoms with Crippen LogP contribution in [0.25, 0.3) is 0 Å². The van der Waals surface area contributed by atoms with Crippen LogP contribution in [-0.4, -0.2) is 27.3 Å². The Kier molecular flexibility index (Phi) is 3.27. The number of rotatable bonds is 4. The number of aliphatic hydroxyl groups excluding tert-OH is 1. The number of hydrogen-bond donors (Lipinski definition) is 3. The maximum atomic E-state index is 10.5. The molecule has 0 aliphatic rings. The Bertz CT molecular complexity index is 333. The third-order valence-corrected chi connectivity index (χ3v) is 2.09. The van der Waals surface area contributed by atoms with Crippen LogP contribution in [0.15, 0.2) is 12.3 Å². The van der Waals surface area contributed by atoms with Gasteiger partial charge in [-0.3, -0.25) is 4.79 Å². The summed E-state index contributed by atoms with van der Waals surface area (Å²) >= 11 is 0. The van der Waals surface area contributed by atoms with Gasteiger partial charge < -0.3 is 20.5 Å². The SMILES string of the molecule is Cn1ccc(CC(=O)O)c1C(O)CN. The van der Waals surface area contributed by atoms with Gasteiger partial charge in [0.1, 0.15) is 6.10 Å².